The summed E-state index contributed by atoms with van der Waals surface area (Å²) in [5.74, 6) is 0.175. The Morgan fingerprint density at radius 2 is 2.16 bits per heavy atom. The van der Waals surface area contributed by atoms with Gasteiger partial charge in [0.05, 0.1) is 9.23 Å². The molecule has 5 nitrogen and oxygen atoms in total. The van der Waals surface area contributed by atoms with Crippen LogP contribution in [0.15, 0.2) is 35.4 Å². The van der Waals surface area contributed by atoms with Crippen molar-refractivity contribution in [3.63, 3.8) is 0 Å². The van der Waals surface area contributed by atoms with Crippen molar-refractivity contribution in [2.24, 2.45) is 0 Å². The second kappa shape index (κ2) is 5.46. The van der Waals surface area contributed by atoms with Gasteiger partial charge in [-0.1, -0.05) is 11.6 Å². The largest absolute Gasteiger partial charge is 0.384 e. The number of hydrogen-bond donors (Lipinski definition) is 1. The summed E-state index contributed by atoms with van der Waals surface area (Å²) in [6.45, 7) is 0.266. The van der Waals surface area contributed by atoms with Crippen molar-refractivity contribution in [3.8, 4) is 0 Å². The molecule has 0 aliphatic rings. The Balaban J connectivity index is 2.24. The second-order valence-corrected chi connectivity index (χ2v) is 7.73. The fourth-order valence-electron chi connectivity index (χ4n) is 1.51. The molecule has 2 heterocycles. The number of pyridine rings is 1. The molecule has 8 heteroatoms. The fraction of sp³-hybridized carbons (Fsp3) is 0.182. The molecule has 2 N–H and O–H groups in total. The highest BCUT2D eigenvalue weighted by Crippen LogP contribution is 2.24. The molecule has 0 saturated carbocycles. The molecule has 0 aliphatic carbocycles. The quantitative estimate of drug-likeness (QED) is 0.938. The van der Waals surface area contributed by atoms with Gasteiger partial charge in [-0.15, -0.1) is 11.3 Å². The second-order valence-electron chi connectivity index (χ2n) is 3.88. The number of nitrogens with zero attached hydrogens (tertiary/aromatic N) is 2. The van der Waals surface area contributed by atoms with E-state index in [1.165, 1.54) is 41.0 Å². The van der Waals surface area contributed by atoms with Crippen molar-refractivity contribution in [2.75, 3.05) is 12.8 Å². The van der Waals surface area contributed by atoms with Crippen LogP contribution in [0, 0.1) is 0 Å². The van der Waals surface area contributed by atoms with Crippen LogP contribution in [0.1, 0.15) is 4.88 Å². The van der Waals surface area contributed by atoms with Crippen molar-refractivity contribution in [2.45, 2.75) is 11.4 Å². The summed E-state index contributed by atoms with van der Waals surface area (Å²) in [5, 5.41) is 0. The normalized spacial score (nSPS) is 11.9. The average Bonchev–Trinajstić information content (AvgIpc) is 2.74. The van der Waals surface area contributed by atoms with Crippen LogP contribution in [-0.4, -0.2) is 24.8 Å². The topological polar surface area (TPSA) is 76.3 Å². The van der Waals surface area contributed by atoms with Crippen LogP contribution >= 0.6 is 22.9 Å². The summed E-state index contributed by atoms with van der Waals surface area (Å²) >= 11 is 7.17. The maximum Gasteiger partial charge on any atom is 0.243 e. The monoisotopic (exact) mass is 317 g/mol. The highest BCUT2D eigenvalue weighted by molar-refractivity contribution is 7.89. The van der Waals surface area contributed by atoms with Gasteiger partial charge in [-0.2, -0.15) is 4.31 Å². The van der Waals surface area contributed by atoms with Crippen LogP contribution in [-0.2, 0) is 16.6 Å². The van der Waals surface area contributed by atoms with E-state index in [4.69, 9.17) is 17.3 Å². The highest BCUT2D eigenvalue weighted by Gasteiger charge is 2.21. The Labute approximate surface area is 120 Å². The third-order valence-electron chi connectivity index (χ3n) is 2.47. The van der Waals surface area contributed by atoms with E-state index in [1.807, 2.05) is 0 Å². The zero-order chi connectivity index (χ0) is 14.0. The van der Waals surface area contributed by atoms with Crippen LogP contribution in [0.2, 0.25) is 4.34 Å². The Bertz CT molecular complexity index is 685. The number of nitrogen functional groups attached to an aromatic ring is 1. The zero-order valence-electron chi connectivity index (χ0n) is 10.1. The van der Waals surface area contributed by atoms with E-state index in [2.05, 4.69) is 4.98 Å². The van der Waals surface area contributed by atoms with Crippen molar-refractivity contribution >= 4 is 38.8 Å². The number of sulfonamides is 1. The van der Waals surface area contributed by atoms with Crippen molar-refractivity contribution in [3.05, 3.63) is 39.7 Å². The first kappa shape index (κ1) is 14.3. The molecule has 19 heavy (non-hydrogen) atoms. The zero-order valence-corrected chi connectivity index (χ0v) is 12.5. The summed E-state index contributed by atoms with van der Waals surface area (Å²) in [5.41, 5.74) is 5.50. The smallest absolute Gasteiger partial charge is 0.243 e. The van der Waals surface area contributed by atoms with Crippen LogP contribution in [0.25, 0.3) is 0 Å². The molecule has 0 unspecified atom stereocenters. The number of nitrogens with two attached hydrogens (primary N) is 1. The van der Waals surface area contributed by atoms with Gasteiger partial charge in [0.15, 0.2) is 0 Å². The Morgan fingerprint density at radius 3 is 2.74 bits per heavy atom. The molecule has 0 aromatic carbocycles. The van der Waals surface area contributed by atoms with Gasteiger partial charge < -0.3 is 5.73 Å². The molecule has 0 bridgehead atoms. The van der Waals surface area contributed by atoms with E-state index < -0.39 is 10.0 Å². The minimum absolute atomic E-state index is 0.130. The first-order chi connectivity index (χ1) is 8.89. The fourth-order valence-corrected chi connectivity index (χ4v) is 3.90. The SMILES string of the molecule is CN(Cc1ccc(Cl)s1)S(=O)(=O)c1ccnc(N)c1. The predicted molar refractivity (Wildman–Crippen MR) is 76.6 cm³/mol. The van der Waals surface area contributed by atoms with Crippen LogP contribution in [0.4, 0.5) is 5.82 Å². The molecule has 0 fully saturated rings. The van der Waals surface area contributed by atoms with Gasteiger partial charge in [0.25, 0.3) is 0 Å². The lowest BCUT2D eigenvalue weighted by Crippen LogP contribution is -2.26. The number of hydrogen-bond acceptors (Lipinski definition) is 5. The molecular weight excluding hydrogens is 306 g/mol. The summed E-state index contributed by atoms with van der Waals surface area (Å²) in [4.78, 5) is 4.78. The molecule has 0 spiro atoms. The van der Waals surface area contributed by atoms with Crippen molar-refractivity contribution in [1.29, 1.82) is 0 Å². The van der Waals surface area contributed by atoms with Crippen LogP contribution < -0.4 is 5.73 Å². The number of rotatable bonds is 4. The molecule has 2 aromatic rings. The van der Waals surface area contributed by atoms with Gasteiger partial charge in [0.1, 0.15) is 5.82 Å². The summed E-state index contributed by atoms with van der Waals surface area (Å²) < 4.78 is 26.5. The van der Waals surface area contributed by atoms with Gasteiger partial charge in [-0.3, -0.25) is 0 Å². The lowest BCUT2D eigenvalue weighted by Gasteiger charge is -2.16. The Hall–Kier alpha value is -1.15. The molecule has 2 rings (SSSR count). The molecule has 102 valence electrons. The molecule has 0 saturated heterocycles. The summed E-state index contributed by atoms with van der Waals surface area (Å²) in [6, 6.07) is 6.31. The Kier molecular flexibility index (Phi) is 4.10. The molecule has 2 aromatic heterocycles. The van der Waals surface area contributed by atoms with Crippen molar-refractivity contribution in [1.82, 2.24) is 9.29 Å². The first-order valence-electron chi connectivity index (χ1n) is 5.31. The maximum atomic E-state index is 12.3. The molecule has 0 amide bonds. The standard InChI is InChI=1S/C11H12ClN3O2S2/c1-15(7-8-2-3-10(12)18-8)19(16,17)9-4-5-14-11(13)6-9/h2-6H,7H2,1H3,(H2,13,14). The number of anilines is 1. The van der Waals surface area contributed by atoms with E-state index in [0.29, 0.717) is 4.34 Å². The number of thiophene rings is 1. The third-order valence-corrected chi connectivity index (χ3v) is 5.48. The van der Waals surface area contributed by atoms with E-state index >= 15 is 0 Å². The first-order valence-corrected chi connectivity index (χ1v) is 7.95. The van der Waals surface area contributed by atoms with E-state index in [9.17, 15) is 8.42 Å². The number of aromatic nitrogens is 1. The van der Waals surface area contributed by atoms with E-state index in [-0.39, 0.29) is 17.3 Å². The van der Waals surface area contributed by atoms with Crippen LogP contribution in [0.3, 0.4) is 0 Å². The molecule has 0 atom stereocenters. The minimum Gasteiger partial charge on any atom is -0.384 e. The van der Waals surface area contributed by atoms with E-state index in [0.717, 1.165) is 4.88 Å². The Morgan fingerprint density at radius 1 is 1.42 bits per heavy atom. The summed E-state index contributed by atoms with van der Waals surface area (Å²) in [7, 11) is -2.06. The van der Waals surface area contributed by atoms with Gasteiger partial charge >= 0.3 is 0 Å². The third kappa shape index (κ3) is 3.24. The maximum absolute atomic E-state index is 12.3. The van der Waals surface area contributed by atoms with Gasteiger partial charge in [-0.05, 0) is 18.2 Å². The summed E-state index contributed by atoms with van der Waals surface area (Å²) in [6.07, 6.45) is 1.37. The van der Waals surface area contributed by atoms with Crippen molar-refractivity contribution < 1.29 is 8.42 Å². The molecular formula is C11H12ClN3O2S2. The van der Waals surface area contributed by atoms with Crippen LogP contribution in [0.5, 0.6) is 0 Å². The number of halogens is 1. The average molecular weight is 318 g/mol. The molecule has 0 radical (unpaired) electrons. The van der Waals surface area contributed by atoms with Gasteiger partial charge in [-0.25, -0.2) is 13.4 Å². The lowest BCUT2D eigenvalue weighted by atomic mass is 10.5. The lowest BCUT2D eigenvalue weighted by molar-refractivity contribution is 0.469. The molecule has 0 aliphatic heterocycles. The highest BCUT2D eigenvalue weighted by atomic mass is 35.5. The van der Waals surface area contributed by atoms with Gasteiger partial charge in [0.2, 0.25) is 10.0 Å². The van der Waals surface area contributed by atoms with Gasteiger partial charge in [0, 0.05) is 30.7 Å². The predicted octanol–water partition coefficient (Wildman–Crippen LogP) is 2.20. The minimum atomic E-state index is -3.57. The van der Waals surface area contributed by atoms with E-state index in [1.54, 1.807) is 12.1 Å².